The number of benzene rings is 1. The van der Waals surface area contributed by atoms with Gasteiger partial charge in [0, 0.05) is 5.54 Å². The summed E-state index contributed by atoms with van der Waals surface area (Å²) in [6.45, 7) is 4.29. The van der Waals surface area contributed by atoms with Crippen LogP contribution in [-0.2, 0) is 6.42 Å². The van der Waals surface area contributed by atoms with Gasteiger partial charge in [-0.15, -0.1) is 0 Å². The van der Waals surface area contributed by atoms with Crippen molar-refractivity contribution in [3.05, 3.63) is 35.6 Å². The molecule has 2 heteroatoms. The van der Waals surface area contributed by atoms with Crippen molar-refractivity contribution in [2.75, 3.05) is 0 Å². The minimum absolute atomic E-state index is 0.175. The first-order valence-electron chi connectivity index (χ1n) is 7.07. The zero-order chi connectivity index (χ0) is 13.4. The molecule has 0 aliphatic rings. The molecule has 1 aromatic carbocycles. The maximum Gasteiger partial charge on any atom is 0.123 e. The van der Waals surface area contributed by atoms with Gasteiger partial charge < -0.3 is 5.73 Å². The summed E-state index contributed by atoms with van der Waals surface area (Å²) < 4.78 is 13.1. The molecule has 0 aliphatic heterocycles. The normalized spacial score (nSPS) is 14.4. The highest BCUT2D eigenvalue weighted by molar-refractivity contribution is 5.18. The molecular weight excluding hydrogens is 225 g/mol. The molecule has 0 aromatic heterocycles. The molecule has 0 amide bonds. The van der Waals surface area contributed by atoms with E-state index in [1.54, 1.807) is 12.1 Å². The summed E-state index contributed by atoms with van der Waals surface area (Å²) >= 11 is 0. The summed E-state index contributed by atoms with van der Waals surface area (Å²) in [5.74, 6) is -0.175. The van der Waals surface area contributed by atoms with Crippen LogP contribution >= 0.6 is 0 Å². The molecule has 0 saturated heterocycles. The predicted octanol–water partition coefficient (Wildman–Crippen LogP) is 4.45. The van der Waals surface area contributed by atoms with Crippen LogP contribution in [0, 0.1) is 5.82 Å². The van der Waals surface area contributed by atoms with Crippen molar-refractivity contribution in [3.8, 4) is 0 Å². The van der Waals surface area contributed by atoms with Gasteiger partial charge in [0.1, 0.15) is 5.82 Å². The van der Waals surface area contributed by atoms with Crippen LogP contribution in [0.25, 0.3) is 0 Å². The highest BCUT2D eigenvalue weighted by Gasteiger charge is 2.18. The van der Waals surface area contributed by atoms with Crippen LogP contribution in [0.5, 0.6) is 0 Å². The van der Waals surface area contributed by atoms with Gasteiger partial charge in [0.25, 0.3) is 0 Å². The summed E-state index contributed by atoms with van der Waals surface area (Å²) in [6, 6.07) is 6.76. The molecule has 102 valence electrons. The standard InChI is InChI=1S/C16H26FN/c1-3-4-5-6-7-11-16(2,18)13-14-9-8-10-15(17)12-14/h8-10,12H,3-7,11,13,18H2,1-2H3. The molecule has 1 nitrogen and oxygen atoms in total. The number of rotatable bonds is 8. The molecular formula is C16H26FN. The number of hydrogen-bond donors (Lipinski definition) is 1. The molecule has 1 unspecified atom stereocenters. The van der Waals surface area contributed by atoms with E-state index in [0.29, 0.717) is 0 Å². The molecule has 0 saturated carbocycles. The second-order valence-corrected chi connectivity index (χ2v) is 5.62. The molecule has 0 spiro atoms. The van der Waals surface area contributed by atoms with Crippen LogP contribution in [0.15, 0.2) is 24.3 Å². The molecule has 18 heavy (non-hydrogen) atoms. The maximum absolute atomic E-state index is 13.1. The number of hydrogen-bond acceptors (Lipinski definition) is 1. The second-order valence-electron chi connectivity index (χ2n) is 5.62. The monoisotopic (exact) mass is 251 g/mol. The van der Waals surface area contributed by atoms with Crippen LogP contribution in [0.1, 0.15) is 57.9 Å². The molecule has 1 atom stereocenters. The highest BCUT2D eigenvalue weighted by atomic mass is 19.1. The molecule has 0 aliphatic carbocycles. The lowest BCUT2D eigenvalue weighted by Crippen LogP contribution is -2.38. The van der Waals surface area contributed by atoms with Crippen LogP contribution < -0.4 is 5.73 Å². The van der Waals surface area contributed by atoms with Gasteiger partial charge in [-0.2, -0.15) is 0 Å². The Kier molecular flexibility index (Phi) is 6.34. The van der Waals surface area contributed by atoms with E-state index in [0.717, 1.165) is 18.4 Å². The van der Waals surface area contributed by atoms with Crippen molar-refractivity contribution in [3.63, 3.8) is 0 Å². The fourth-order valence-corrected chi connectivity index (χ4v) is 2.33. The molecule has 0 fully saturated rings. The van der Waals surface area contributed by atoms with E-state index in [-0.39, 0.29) is 11.4 Å². The van der Waals surface area contributed by atoms with E-state index >= 15 is 0 Å². The SMILES string of the molecule is CCCCCCCC(C)(N)Cc1cccc(F)c1. The first-order chi connectivity index (χ1) is 8.53. The Labute approximate surface area is 111 Å². The minimum atomic E-state index is -0.222. The molecule has 1 aromatic rings. The molecule has 2 N–H and O–H groups in total. The second kappa shape index (κ2) is 7.52. The fourth-order valence-electron chi connectivity index (χ4n) is 2.33. The fraction of sp³-hybridized carbons (Fsp3) is 0.625. The Bertz CT molecular complexity index is 347. The maximum atomic E-state index is 13.1. The van der Waals surface area contributed by atoms with Crippen molar-refractivity contribution in [1.82, 2.24) is 0 Å². The lowest BCUT2D eigenvalue weighted by atomic mass is 9.88. The van der Waals surface area contributed by atoms with Gasteiger partial charge in [-0.3, -0.25) is 0 Å². The highest BCUT2D eigenvalue weighted by Crippen LogP contribution is 2.19. The Morgan fingerprint density at radius 3 is 2.56 bits per heavy atom. The quantitative estimate of drug-likeness (QED) is 0.679. The topological polar surface area (TPSA) is 26.0 Å². The van der Waals surface area contributed by atoms with Crippen LogP contribution in [0.4, 0.5) is 4.39 Å². The van der Waals surface area contributed by atoms with Gasteiger partial charge in [0.05, 0.1) is 0 Å². The summed E-state index contributed by atoms with van der Waals surface area (Å²) in [6.07, 6.45) is 8.05. The van der Waals surface area contributed by atoms with E-state index in [2.05, 4.69) is 13.8 Å². The van der Waals surface area contributed by atoms with E-state index in [9.17, 15) is 4.39 Å². The number of halogens is 1. The summed E-state index contributed by atoms with van der Waals surface area (Å²) in [7, 11) is 0. The Hall–Kier alpha value is -0.890. The summed E-state index contributed by atoms with van der Waals surface area (Å²) in [4.78, 5) is 0. The Morgan fingerprint density at radius 1 is 1.17 bits per heavy atom. The zero-order valence-corrected chi connectivity index (χ0v) is 11.7. The molecule has 1 rings (SSSR count). The van der Waals surface area contributed by atoms with Gasteiger partial charge in [-0.1, -0.05) is 51.2 Å². The van der Waals surface area contributed by atoms with Crippen LogP contribution in [-0.4, -0.2) is 5.54 Å². The third-order valence-corrected chi connectivity index (χ3v) is 3.35. The summed E-state index contributed by atoms with van der Waals surface area (Å²) in [5, 5.41) is 0. The van der Waals surface area contributed by atoms with E-state index in [1.165, 1.54) is 38.2 Å². The number of unbranched alkanes of at least 4 members (excludes halogenated alkanes) is 4. The van der Waals surface area contributed by atoms with Gasteiger partial charge in [-0.25, -0.2) is 4.39 Å². The van der Waals surface area contributed by atoms with Crippen LogP contribution in [0.3, 0.4) is 0 Å². The van der Waals surface area contributed by atoms with Gasteiger partial charge >= 0.3 is 0 Å². The number of nitrogens with two attached hydrogens (primary N) is 1. The Morgan fingerprint density at radius 2 is 1.89 bits per heavy atom. The third-order valence-electron chi connectivity index (χ3n) is 3.35. The Balaban J connectivity index is 2.34. The minimum Gasteiger partial charge on any atom is -0.325 e. The van der Waals surface area contributed by atoms with E-state index in [4.69, 9.17) is 5.73 Å². The average molecular weight is 251 g/mol. The van der Waals surface area contributed by atoms with Crippen molar-refractivity contribution >= 4 is 0 Å². The van der Waals surface area contributed by atoms with Crippen molar-refractivity contribution in [2.45, 2.75) is 64.3 Å². The largest absolute Gasteiger partial charge is 0.325 e. The first kappa shape index (κ1) is 15.2. The van der Waals surface area contributed by atoms with Crippen molar-refractivity contribution in [2.24, 2.45) is 5.73 Å². The lowest BCUT2D eigenvalue weighted by molar-refractivity contribution is 0.404. The molecule has 0 heterocycles. The molecule has 0 bridgehead atoms. The third kappa shape index (κ3) is 6.15. The first-order valence-corrected chi connectivity index (χ1v) is 7.07. The average Bonchev–Trinajstić information content (AvgIpc) is 2.28. The van der Waals surface area contributed by atoms with Crippen molar-refractivity contribution in [1.29, 1.82) is 0 Å². The van der Waals surface area contributed by atoms with Gasteiger partial charge in [0.15, 0.2) is 0 Å². The van der Waals surface area contributed by atoms with Crippen LogP contribution in [0.2, 0.25) is 0 Å². The molecule has 0 radical (unpaired) electrons. The van der Waals surface area contributed by atoms with Crippen molar-refractivity contribution < 1.29 is 4.39 Å². The summed E-state index contributed by atoms with van der Waals surface area (Å²) in [5.41, 5.74) is 7.06. The van der Waals surface area contributed by atoms with E-state index < -0.39 is 0 Å². The van der Waals surface area contributed by atoms with Gasteiger partial charge in [0.2, 0.25) is 0 Å². The van der Waals surface area contributed by atoms with E-state index in [1.807, 2.05) is 6.07 Å². The smallest absolute Gasteiger partial charge is 0.123 e. The van der Waals surface area contributed by atoms with Gasteiger partial charge in [-0.05, 0) is 37.5 Å². The zero-order valence-electron chi connectivity index (χ0n) is 11.7. The predicted molar refractivity (Wildman–Crippen MR) is 76.1 cm³/mol. The lowest BCUT2D eigenvalue weighted by Gasteiger charge is -2.24.